The van der Waals surface area contributed by atoms with E-state index in [0.29, 0.717) is 0 Å². The minimum Gasteiger partial charge on any atom is -0.479 e. The molecule has 0 aromatic heterocycles. The van der Waals surface area contributed by atoms with E-state index in [2.05, 4.69) is 0 Å². The summed E-state index contributed by atoms with van der Waals surface area (Å²) in [5.74, 6) is -2.67. The van der Waals surface area contributed by atoms with Crippen LogP contribution in [0.2, 0.25) is 0 Å². The van der Waals surface area contributed by atoms with Crippen LogP contribution in [-0.4, -0.2) is 22.4 Å². The number of aliphatic carboxylic acids is 1. The van der Waals surface area contributed by atoms with Crippen LogP contribution < -0.4 is 0 Å². The Morgan fingerprint density at radius 3 is 2.47 bits per heavy atom. The number of carboxylic acids is 1. The summed E-state index contributed by atoms with van der Waals surface area (Å²) in [5.41, 5.74) is -2.75. The van der Waals surface area contributed by atoms with Crippen molar-refractivity contribution in [1.82, 2.24) is 0 Å². The van der Waals surface area contributed by atoms with Gasteiger partial charge in [0.1, 0.15) is 11.4 Å². The van der Waals surface area contributed by atoms with E-state index in [1.165, 1.54) is 12.1 Å². The number of carbonyl (C=O) groups is 1. The Kier molecular flexibility index (Phi) is 3.04. The second kappa shape index (κ2) is 3.94. The second-order valence-electron chi connectivity index (χ2n) is 3.33. The van der Waals surface area contributed by atoms with Crippen LogP contribution in [0.4, 0.5) is 8.78 Å². The average molecular weight is 216 g/mol. The Morgan fingerprint density at radius 2 is 2.00 bits per heavy atom. The number of hydrogen-bond donors (Lipinski definition) is 2. The first-order chi connectivity index (χ1) is 6.87. The first kappa shape index (κ1) is 11.6. The molecule has 0 radical (unpaired) electrons. The fraction of sp³-hybridized carbons (Fsp3) is 0.300. The molecule has 0 amide bonds. The van der Waals surface area contributed by atoms with Crippen molar-refractivity contribution in [3.63, 3.8) is 0 Å². The van der Waals surface area contributed by atoms with Crippen molar-refractivity contribution < 1.29 is 23.8 Å². The van der Waals surface area contributed by atoms with Crippen molar-refractivity contribution in [1.29, 1.82) is 0 Å². The quantitative estimate of drug-likeness (QED) is 0.804. The van der Waals surface area contributed by atoms with Crippen molar-refractivity contribution in [2.75, 3.05) is 0 Å². The van der Waals surface area contributed by atoms with Gasteiger partial charge in [0.05, 0.1) is 0 Å². The monoisotopic (exact) mass is 216 g/mol. The lowest BCUT2D eigenvalue weighted by Gasteiger charge is -2.25. The Bertz CT molecular complexity index is 377. The van der Waals surface area contributed by atoms with Gasteiger partial charge in [-0.15, -0.1) is 0 Å². The molecule has 0 saturated carbocycles. The molecule has 0 spiro atoms. The molecular formula is C10H10F2O3. The largest absolute Gasteiger partial charge is 0.479 e. The maximum absolute atomic E-state index is 13.2. The molecule has 5 heteroatoms. The number of halogens is 2. The number of rotatable bonds is 3. The average Bonchev–Trinajstić information content (AvgIpc) is 2.16. The van der Waals surface area contributed by atoms with Crippen LogP contribution in [0.1, 0.15) is 12.5 Å². The van der Waals surface area contributed by atoms with Gasteiger partial charge in [-0.3, -0.25) is 0 Å². The summed E-state index contributed by atoms with van der Waals surface area (Å²) in [6.07, 6.45) is -2.57. The molecule has 0 aliphatic rings. The lowest BCUT2D eigenvalue weighted by Crippen LogP contribution is -2.39. The van der Waals surface area contributed by atoms with E-state index in [0.717, 1.165) is 19.1 Å². The van der Waals surface area contributed by atoms with Crippen molar-refractivity contribution >= 4 is 5.97 Å². The first-order valence-corrected chi connectivity index (χ1v) is 4.21. The van der Waals surface area contributed by atoms with Gasteiger partial charge in [-0.2, -0.15) is 0 Å². The Labute approximate surface area is 85.0 Å². The highest BCUT2D eigenvalue weighted by atomic mass is 19.1. The predicted molar refractivity (Wildman–Crippen MR) is 48.5 cm³/mol. The Hall–Kier alpha value is -1.49. The van der Waals surface area contributed by atoms with Gasteiger partial charge in [0.25, 0.3) is 0 Å². The minimum atomic E-state index is -2.57. The number of benzene rings is 1. The van der Waals surface area contributed by atoms with Crippen molar-refractivity contribution in [3.05, 3.63) is 35.6 Å². The lowest BCUT2D eigenvalue weighted by atomic mass is 9.90. The third kappa shape index (κ3) is 2.12. The fourth-order valence-corrected chi connectivity index (χ4v) is 1.25. The predicted octanol–water partition coefficient (Wildman–Crippen LogP) is 1.46. The van der Waals surface area contributed by atoms with E-state index in [4.69, 9.17) is 5.11 Å². The highest BCUT2D eigenvalue weighted by molar-refractivity contribution is 5.74. The summed E-state index contributed by atoms with van der Waals surface area (Å²) in [6.45, 7) is 0.921. The van der Waals surface area contributed by atoms with Crippen LogP contribution in [0.5, 0.6) is 0 Å². The smallest absolute Gasteiger partial charge is 0.341 e. The molecule has 2 unspecified atom stereocenters. The molecule has 0 heterocycles. The molecule has 1 aromatic carbocycles. The van der Waals surface area contributed by atoms with E-state index in [1.807, 2.05) is 0 Å². The summed E-state index contributed by atoms with van der Waals surface area (Å²) >= 11 is 0. The fourth-order valence-electron chi connectivity index (χ4n) is 1.25. The Morgan fingerprint density at radius 1 is 1.47 bits per heavy atom. The van der Waals surface area contributed by atoms with Gasteiger partial charge in [-0.05, 0) is 13.0 Å². The molecule has 0 fully saturated rings. The SMILES string of the molecule is CC(O)(c1ccccc1F)C(F)C(=O)O. The van der Waals surface area contributed by atoms with Crippen LogP contribution in [-0.2, 0) is 10.4 Å². The van der Waals surface area contributed by atoms with Crippen molar-refractivity contribution in [2.24, 2.45) is 0 Å². The van der Waals surface area contributed by atoms with E-state index in [1.54, 1.807) is 0 Å². The normalized spacial score (nSPS) is 16.8. The van der Waals surface area contributed by atoms with Gasteiger partial charge in [0, 0.05) is 5.56 Å². The molecular weight excluding hydrogens is 206 g/mol. The van der Waals surface area contributed by atoms with Crippen molar-refractivity contribution in [3.8, 4) is 0 Å². The van der Waals surface area contributed by atoms with Crippen LogP contribution in [0, 0.1) is 5.82 Å². The lowest BCUT2D eigenvalue weighted by molar-refractivity contribution is -0.154. The highest BCUT2D eigenvalue weighted by Gasteiger charge is 2.41. The molecule has 0 aliphatic carbocycles. The zero-order valence-electron chi connectivity index (χ0n) is 7.95. The summed E-state index contributed by atoms with van der Waals surface area (Å²) in [5, 5.41) is 18.0. The zero-order valence-corrected chi connectivity index (χ0v) is 7.95. The van der Waals surface area contributed by atoms with Gasteiger partial charge in [0.2, 0.25) is 6.17 Å². The third-order valence-electron chi connectivity index (χ3n) is 2.13. The molecule has 0 saturated heterocycles. The maximum Gasteiger partial charge on any atom is 0.341 e. The van der Waals surface area contributed by atoms with Crippen LogP contribution in [0.15, 0.2) is 24.3 Å². The topological polar surface area (TPSA) is 57.5 Å². The van der Waals surface area contributed by atoms with Crippen LogP contribution in [0.3, 0.4) is 0 Å². The zero-order chi connectivity index (χ0) is 11.6. The number of carboxylic acid groups (broad SMARTS) is 1. The van der Waals surface area contributed by atoms with E-state index >= 15 is 0 Å². The molecule has 2 N–H and O–H groups in total. The molecule has 15 heavy (non-hydrogen) atoms. The van der Waals surface area contributed by atoms with Gasteiger partial charge in [-0.1, -0.05) is 18.2 Å². The highest BCUT2D eigenvalue weighted by Crippen LogP contribution is 2.28. The summed E-state index contributed by atoms with van der Waals surface area (Å²) in [7, 11) is 0. The summed E-state index contributed by atoms with van der Waals surface area (Å²) in [6, 6.07) is 4.92. The van der Waals surface area contributed by atoms with Crippen LogP contribution >= 0.6 is 0 Å². The third-order valence-corrected chi connectivity index (χ3v) is 2.13. The first-order valence-electron chi connectivity index (χ1n) is 4.21. The molecule has 0 bridgehead atoms. The number of alkyl halides is 1. The molecule has 1 rings (SSSR count). The van der Waals surface area contributed by atoms with E-state index in [9.17, 15) is 18.7 Å². The standard InChI is InChI=1S/C10H10F2O3/c1-10(15,8(12)9(13)14)6-4-2-3-5-7(6)11/h2-5,8,15H,1H3,(H,13,14). The number of hydrogen-bond acceptors (Lipinski definition) is 2. The summed E-state index contributed by atoms with van der Waals surface area (Å²) < 4.78 is 26.3. The molecule has 1 aromatic rings. The van der Waals surface area contributed by atoms with Gasteiger partial charge in [0.15, 0.2) is 0 Å². The van der Waals surface area contributed by atoms with Gasteiger partial charge < -0.3 is 10.2 Å². The maximum atomic E-state index is 13.2. The summed E-state index contributed by atoms with van der Waals surface area (Å²) in [4.78, 5) is 10.4. The Balaban J connectivity index is 3.16. The minimum absolute atomic E-state index is 0.375. The second-order valence-corrected chi connectivity index (χ2v) is 3.33. The van der Waals surface area contributed by atoms with Crippen molar-refractivity contribution in [2.45, 2.75) is 18.7 Å². The van der Waals surface area contributed by atoms with E-state index < -0.39 is 23.6 Å². The molecule has 2 atom stereocenters. The molecule has 0 aliphatic heterocycles. The van der Waals surface area contributed by atoms with Gasteiger partial charge in [-0.25, -0.2) is 13.6 Å². The number of aliphatic hydroxyl groups is 1. The van der Waals surface area contributed by atoms with E-state index in [-0.39, 0.29) is 5.56 Å². The van der Waals surface area contributed by atoms with Gasteiger partial charge >= 0.3 is 5.97 Å². The molecule has 82 valence electrons. The van der Waals surface area contributed by atoms with Crippen LogP contribution in [0.25, 0.3) is 0 Å². The molecule has 3 nitrogen and oxygen atoms in total.